The van der Waals surface area contributed by atoms with Crippen molar-refractivity contribution >= 4 is 32.8 Å². The number of aryl methyl sites for hydroxylation is 1. The fraction of sp³-hybridized carbons (Fsp3) is 0.286. The highest BCUT2D eigenvalue weighted by atomic mass is 16.5. The van der Waals surface area contributed by atoms with Gasteiger partial charge in [0.15, 0.2) is 0 Å². The second-order valence-corrected chi connectivity index (χ2v) is 7.12. The lowest BCUT2D eigenvalue weighted by Gasteiger charge is -2.16. The first-order valence-corrected chi connectivity index (χ1v) is 8.98. The predicted molar refractivity (Wildman–Crippen MR) is 102 cm³/mol. The Morgan fingerprint density at radius 3 is 2.70 bits per heavy atom. The van der Waals surface area contributed by atoms with Gasteiger partial charge in [0, 0.05) is 34.7 Å². The molecule has 6 heteroatoms. The third-order valence-corrected chi connectivity index (χ3v) is 5.45. The van der Waals surface area contributed by atoms with Crippen LogP contribution in [0, 0.1) is 6.92 Å². The molecule has 2 aromatic heterocycles. The van der Waals surface area contributed by atoms with E-state index in [9.17, 15) is 15.0 Å². The molecule has 0 amide bonds. The van der Waals surface area contributed by atoms with E-state index in [1.165, 1.54) is 6.07 Å². The zero-order valence-electron chi connectivity index (χ0n) is 14.8. The van der Waals surface area contributed by atoms with Gasteiger partial charge in [0.1, 0.15) is 17.9 Å². The van der Waals surface area contributed by atoms with Crippen molar-refractivity contribution in [1.29, 1.82) is 0 Å². The minimum absolute atomic E-state index is 0.230. The van der Waals surface area contributed by atoms with Gasteiger partial charge >= 0.3 is 5.63 Å². The van der Waals surface area contributed by atoms with Crippen LogP contribution in [0.3, 0.4) is 0 Å². The summed E-state index contributed by atoms with van der Waals surface area (Å²) in [5, 5.41) is 22.6. The van der Waals surface area contributed by atoms with Crippen LogP contribution in [-0.2, 0) is 4.74 Å². The molecule has 1 aliphatic rings. The van der Waals surface area contributed by atoms with Gasteiger partial charge in [0.25, 0.3) is 0 Å². The van der Waals surface area contributed by atoms with E-state index in [-0.39, 0.29) is 12.2 Å². The fourth-order valence-corrected chi connectivity index (χ4v) is 4.16. The lowest BCUT2D eigenvalue weighted by atomic mass is 10.1. The molecule has 0 bridgehead atoms. The molecule has 27 heavy (non-hydrogen) atoms. The molecule has 0 spiro atoms. The van der Waals surface area contributed by atoms with Crippen LogP contribution < -0.4 is 5.63 Å². The Morgan fingerprint density at radius 2 is 1.93 bits per heavy atom. The molecule has 0 saturated carbocycles. The summed E-state index contributed by atoms with van der Waals surface area (Å²) in [4.78, 5) is 11.8. The molecule has 1 saturated heterocycles. The number of ether oxygens (including phenoxy) is 1. The maximum Gasteiger partial charge on any atom is 0.336 e. The molecule has 2 aromatic carbocycles. The van der Waals surface area contributed by atoms with Gasteiger partial charge in [-0.15, -0.1) is 0 Å². The third kappa shape index (κ3) is 2.41. The first kappa shape index (κ1) is 16.5. The average Bonchev–Trinajstić information content (AvgIpc) is 3.17. The lowest BCUT2D eigenvalue weighted by Crippen LogP contribution is -2.24. The number of aliphatic hydroxyl groups excluding tert-OH is 2. The summed E-state index contributed by atoms with van der Waals surface area (Å²) in [5.41, 5.74) is 2.85. The number of benzene rings is 2. The van der Waals surface area contributed by atoms with Crippen molar-refractivity contribution in [2.75, 3.05) is 6.61 Å². The molecule has 3 atom stereocenters. The summed E-state index contributed by atoms with van der Waals surface area (Å²) in [6.45, 7) is 1.67. The number of hydrogen-bond donors (Lipinski definition) is 2. The highest BCUT2D eigenvalue weighted by molar-refractivity contribution is 6.12. The van der Waals surface area contributed by atoms with E-state index in [0.29, 0.717) is 12.0 Å². The minimum Gasteiger partial charge on any atom is -0.423 e. The Labute approximate surface area is 154 Å². The lowest BCUT2D eigenvalue weighted by molar-refractivity contribution is -0.0416. The van der Waals surface area contributed by atoms with Crippen molar-refractivity contribution in [3.05, 3.63) is 58.4 Å². The first-order chi connectivity index (χ1) is 13.1. The molecular formula is C21H19NO5. The number of fused-ring (bicyclic) bond motifs is 4. The summed E-state index contributed by atoms with van der Waals surface area (Å²) >= 11 is 0. The highest BCUT2D eigenvalue weighted by Gasteiger charge is 2.35. The predicted octanol–water partition coefficient (Wildman–Crippen LogP) is 2.85. The molecule has 5 rings (SSSR count). The van der Waals surface area contributed by atoms with E-state index < -0.39 is 18.4 Å². The van der Waals surface area contributed by atoms with Crippen LogP contribution in [0.15, 0.2) is 51.7 Å². The zero-order valence-corrected chi connectivity index (χ0v) is 14.8. The average molecular weight is 365 g/mol. The second kappa shape index (κ2) is 5.92. The molecule has 0 aliphatic carbocycles. The van der Waals surface area contributed by atoms with E-state index in [0.717, 1.165) is 32.8 Å². The smallest absolute Gasteiger partial charge is 0.336 e. The number of hydrogen-bond acceptors (Lipinski definition) is 5. The Morgan fingerprint density at radius 1 is 1.11 bits per heavy atom. The monoisotopic (exact) mass is 365 g/mol. The molecule has 3 heterocycles. The van der Waals surface area contributed by atoms with Crippen molar-refractivity contribution < 1.29 is 19.4 Å². The normalized spacial score (nSPS) is 23.0. The molecule has 1 aliphatic heterocycles. The van der Waals surface area contributed by atoms with Gasteiger partial charge in [-0.05, 0) is 24.6 Å². The standard InChI is InChI=1S/C21H19NO5/c1-11-6-21(25)27-18-8-16-14(7-13(11)18)12-4-2-3-5-15(12)22(16)20-9-17(24)19(10-23)26-20/h2-8,17,19-20,23-24H,9-10H2,1H3/t17-,19?,20-/m1/s1. The van der Waals surface area contributed by atoms with Gasteiger partial charge in [-0.25, -0.2) is 4.79 Å². The number of aliphatic hydroxyl groups is 2. The van der Waals surface area contributed by atoms with Crippen LogP contribution in [0.4, 0.5) is 0 Å². The molecule has 0 radical (unpaired) electrons. The van der Waals surface area contributed by atoms with Crippen LogP contribution in [0.2, 0.25) is 0 Å². The topological polar surface area (TPSA) is 84.8 Å². The Bertz CT molecular complexity index is 1240. The molecule has 1 unspecified atom stereocenters. The van der Waals surface area contributed by atoms with Gasteiger partial charge < -0.3 is 23.9 Å². The number of para-hydroxylation sites is 1. The maximum absolute atomic E-state index is 11.8. The molecule has 6 nitrogen and oxygen atoms in total. The maximum atomic E-state index is 11.8. The fourth-order valence-electron chi connectivity index (χ4n) is 4.16. The van der Waals surface area contributed by atoms with Crippen LogP contribution in [0.25, 0.3) is 32.8 Å². The van der Waals surface area contributed by atoms with Crippen LogP contribution >= 0.6 is 0 Å². The van der Waals surface area contributed by atoms with Crippen molar-refractivity contribution in [2.24, 2.45) is 0 Å². The SMILES string of the molecule is Cc1cc(=O)oc2cc3c(cc12)c1ccccc1n3[C@H]1C[C@@H](O)C(CO)O1. The molecular weight excluding hydrogens is 346 g/mol. The number of aromatic nitrogens is 1. The Hall–Kier alpha value is -2.67. The first-order valence-electron chi connectivity index (χ1n) is 8.98. The van der Waals surface area contributed by atoms with Gasteiger partial charge in [0.05, 0.1) is 23.7 Å². The summed E-state index contributed by atoms with van der Waals surface area (Å²) in [6.07, 6.45) is -1.35. The van der Waals surface area contributed by atoms with Crippen LogP contribution in [0.5, 0.6) is 0 Å². The van der Waals surface area contributed by atoms with Gasteiger partial charge in [0.2, 0.25) is 0 Å². The third-order valence-electron chi connectivity index (χ3n) is 5.45. The highest BCUT2D eigenvalue weighted by Crippen LogP contribution is 2.39. The molecule has 4 aromatic rings. The van der Waals surface area contributed by atoms with E-state index >= 15 is 0 Å². The number of rotatable bonds is 2. The summed E-state index contributed by atoms with van der Waals surface area (Å²) in [7, 11) is 0. The van der Waals surface area contributed by atoms with E-state index in [4.69, 9.17) is 9.15 Å². The molecule has 2 N–H and O–H groups in total. The summed E-state index contributed by atoms with van der Waals surface area (Å²) in [6, 6.07) is 13.4. The van der Waals surface area contributed by atoms with Gasteiger partial charge in [-0.1, -0.05) is 18.2 Å². The van der Waals surface area contributed by atoms with Crippen molar-refractivity contribution in [3.63, 3.8) is 0 Å². The molecule has 1 fully saturated rings. The van der Waals surface area contributed by atoms with E-state index in [1.807, 2.05) is 47.9 Å². The van der Waals surface area contributed by atoms with E-state index in [1.54, 1.807) is 0 Å². The van der Waals surface area contributed by atoms with Crippen LogP contribution in [-0.4, -0.2) is 33.6 Å². The van der Waals surface area contributed by atoms with Crippen molar-refractivity contribution in [3.8, 4) is 0 Å². The quantitative estimate of drug-likeness (QED) is 0.534. The second-order valence-electron chi connectivity index (χ2n) is 7.12. The van der Waals surface area contributed by atoms with E-state index in [2.05, 4.69) is 0 Å². The van der Waals surface area contributed by atoms with Crippen molar-refractivity contribution in [1.82, 2.24) is 4.57 Å². The minimum atomic E-state index is -0.725. The summed E-state index contributed by atoms with van der Waals surface area (Å²) < 4.78 is 13.4. The van der Waals surface area contributed by atoms with Gasteiger partial charge in [-0.3, -0.25) is 0 Å². The van der Waals surface area contributed by atoms with Crippen LogP contribution in [0.1, 0.15) is 18.2 Å². The Kier molecular flexibility index (Phi) is 3.62. The zero-order chi connectivity index (χ0) is 18.7. The number of nitrogens with zero attached hydrogens (tertiary/aromatic N) is 1. The molecule has 138 valence electrons. The summed E-state index contributed by atoms with van der Waals surface area (Å²) in [5.74, 6) is 0. The van der Waals surface area contributed by atoms with Crippen molar-refractivity contribution in [2.45, 2.75) is 31.8 Å². The van der Waals surface area contributed by atoms with Gasteiger partial charge in [-0.2, -0.15) is 0 Å². The largest absolute Gasteiger partial charge is 0.423 e. The Balaban J connectivity index is 1.85.